The number of fused-ring (bicyclic) bond motifs is 3. The molecule has 2 amide bonds. The molecule has 3 aromatic rings. The topological polar surface area (TPSA) is 108 Å². The van der Waals surface area contributed by atoms with E-state index in [4.69, 9.17) is 4.74 Å². The molecular weight excluding hydrogens is 518 g/mol. The molecule has 6 rings (SSSR count). The zero-order chi connectivity index (χ0) is 28.4. The second kappa shape index (κ2) is 11.4. The lowest BCUT2D eigenvalue weighted by Crippen LogP contribution is -2.60. The van der Waals surface area contributed by atoms with E-state index in [-0.39, 0.29) is 30.3 Å². The molecule has 2 fully saturated rings. The molecule has 0 spiro atoms. The number of ether oxygens (including phenoxy) is 1. The van der Waals surface area contributed by atoms with E-state index >= 15 is 0 Å². The van der Waals surface area contributed by atoms with Gasteiger partial charge in [-0.05, 0) is 53.0 Å². The molecule has 0 radical (unpaired) electrons. The number of carbonyl (C=O) groups excluding carboxylic acids is 2. The first-order valence-corrected chi connectivity index (χ1v) is 14.3. The van der Waals surface area contributed by atoms with Crippen LogP contribution in [-0.4, -0.2) is 59.8 Å². The van der Waals surface area contributed by atoms with Crippen LogP contribution in [0.2, 0.25) is 0 Å². The number of carboxylic acid groups (broad SMARTS) is 1. The summed E-state index contributed by atoms with van der Waals surface area (Å²) in [6.07, 6.45) is 0.823. The number of piperidine rings is 1. The number of aliphatic carboxylic acids is 1. The summed E-state index contributed by atoms with van der Waals surface area (Å²) in [5, 5.41) is 15.7. The predicted octanol–water partition coefficient (Wildman–Crippen LogP) is 4.40. The fraction of sp³-hybridized carbons (Fsp3) is 0.364. The van der Waals surface area contributed by atoms with Crippen LogP contribution >= 0.6 is 0 Å². The van der Waals surface area contributed by atoms with Crippen LogP contribution in [0.3, 0.4) is 0 Å². The standard InChI is InChI=1S/C33H35N3O5/c37-30(35-33(31(38)39)14-16-36(17-15-33)20-22-8-2-1-3-9-22)28-18-23(28)19-34-32(40)41-21-29-26-12-6-4-10-24(26)25-11-5-7-13-27(25)29/h1-13,23,28-29H,14-21H2,(H,34,40)(H,35,37)(H,38,39)/t23-,28-/m0/s1. The monoisotopic (exact) mass is 553 g/mol. The molecule has 0 unspecified atom stereocenters. The summed E-state index contributed by atoms with van der Waals surface area (Å²) >= 11 is 0. The Morgan fingerprint density at radius 2 is 1.49 bits per heavy atom. The quantitative estimate of drug-likeness (QED) is 0.363. The van der Waals surface area contributed by atoms with E-state index in [2.05, 4.69) is 51.9 Å². The molecule has 3 aliphatic rings. The van der Waals surface area contributed by atoms with Crippen LogP contribution in [0.5, 0.6) is 0 Å². The minimum atomic E-state index is -1.25. The van der Waals surface area contributed by atoms with Crippen molar-refractivity contribution in [2.75, 3.05) is 26.2 Å². The van der Waals surface area contributed by atoms with Gasteiger partial charge < -0.3 is 20.5 Å². The molecule has 0 aromatic heterocycles. The number of nitrogens with one attached hydrogen (secondary N) is 2. The van der Waals surface area contributed by atoms with E-state index < -0.39 is 17.6 Å². The Morgan fingerprint density at radius 3 is 2.12 bits per heavy atom. The van der Waals surface area contributed by atoms with Gasteiger partial charge in [-0.15, -0.1) is 0 Å². The van der Waals surface area contributed by atoms with E-state index in [9.17, 15) is 19.5 Å². The van der Waals surface area contributed by atoms with E-state index in [0.717, 1.165) is 17.7 Å². The molecule has 3 aromatic carbocycles. The van der Waals surface area contributed by atoms with Crippen LogP contribution in [0.4, 0.5) is 4.79 Å². The van der Waals surface area contributed by atoms with Crippen molar-refractivity contribution < 1.29 is 24.2 Å². The molecule has 1 aliphatic heterocycles. The van der Waals surface area contributed by atoms with Crippen molar-refractivity contribution >= 4 is 18.0 Å². The maximum atomic E-state index is 13.0. The first kappa shape index (κ1) is 27.0. The Hall–Kier alpha value is -4.17. The number of benzene rings is 3. The Balaban J connectivity index is 0.962. The van der Waals surface area contributed by atoms with Crippen LogP contribution in [0.25, 0.3) is 11.1 Å². The molecule has 8 nitrogen and oxygen atoms in total. The van der Waals surface area contributed by atoms with Gasteiger partial charge in [0.15, 0.2) is 0 Å². The Morgan fingerprint density at radius 1 is 0.878 bits per heavy atom. The highest BCUT2D eigenvalue weighted by atomic mass is 16.5. The number of carboxylic acids is 1. The zero-order valence-electron chi connectivity index (χ0n) is 22.9. The Kier molecular flexibility index (Phi) is 7.49. The van der Waals surface area contributed by atoms with Gasteiger partial charge in [-0.3, -0.25) is 9.69 Å². The molecule has 1 saturated heterocycles. The van der Waals surface area contributed by atoms with Gasteiger partial charge in [-0.1, -0.05) is 78.9 Å². The van der Waals surface area contributed by atoms with E-state index in [1.807, 2.05) is 42.5 Å². The SMILES string of the molecule is O=C(NC[C@@H]1C[C@@H]1C(=O)NC1(C(=O)O)CCN(Cc2ccccc2)CC1)OCC1c2ccccc2-c2ccccc21. The fourth-order valence-electron chi connectivity index (χ4n) is 6.31. The normalized spacial score (nSPS) is 20.9. The van der Waals surface area contributed by atoms with Gasteiger partial charge in [-0.25, -0.2) is 9.59 Å². The van der Waals surface area contributed by atoms with Crippen molar-refractivity contribution in [1.29, 1.82) is 0 Å². The number of hydrogen-bond acceptors (Lipinski definition) is 5. The minimum absolute atomic E-state index is 0.0149. The number of likely N-dealkylation sites (tertiary alicyclic amines) is 1. The summed E-state index contributed by atoms with van der Waals surface area (Å²) in [4.78, 5) is 40.0. The van der Waals surface area contributed by atoms with Crippen molar-refractivity contribution in [2.24, 2.45) is 11.8 Å². The van der Waals surface area contributed by atoms with E-state index in [0.29, 0.717) is 38.9 Å². The van der Waals surface area contributed by atoms with Crippen LogP contribution in [0, 0.1) is 11.8 Å². The lowest BCUT2D eigenvalue weighted by molar-refractivity contribution is -0.150. The third-order valence-corrected chi connectivity index (χ3v) is 8.84. The Labute approximate surface area is 239 Å². The summed E-state index contributed by atoms with van der Waals surface area (Å²) in [7, 11) is 0. The molecule has 2 aliphatic carbocycles. The number of nitrogens with zero attached hydrogens (tertiary/aromatic N) is 1. The molecule has 8 heteroatoms. The van der Waals surface area contributed by atoms with Crippen molar-refractivity contribution in [1.82, 2.24) is 15.5 Å². The van der Waals surface area contributed by atoms with Gasteiger partial charge in [0, 0.05) is 38.0 Å². The van der Waals surface area contributed by atoms with Crippen molar-refractivity contribution in [2.45, 2.75) is 37.3 Å². The minimum Gasteiger partial charge on any atom is -0.480 e. The number of rotatable bonds is 9. The highest BCUT2D eigenvalue weighted by Gasteiger charge is 2.49. The summed E-state index contributed by atoms with van der Waals surface area (Å²) in [6, 6.07) is 26.4. The lowest BCUT2D eigenvalue weighted by atomic mass is 9.87. The summed E-state index contributed by atoms with van der Waals surface area (Å²) in [5.74, 6) is -1.58. The van der Waals surface area contributed by atoms with Crippen molar-refractivity contribution in [3.8, 4) is 11.1 Å². The summed E-state index contributed by atoms with van der Waals surface area (Å²) in [6.45, 7) is 2.51. The summed E-state index contributed by atoms with van der Waals surface area (Å²) < 4.78 is 5.60. The fourth-order valence-corrected chi connectivity index (χ4v) is 6.31. The molecule has 0 bridgehead atoms. The average Bonchev–Trinajstić information content (AvgIpc) is 3.71. The molecule has 3 N–H and O–H groups in total. The van der Waals surface area contributed by atoms with Crippen LogP contribution in [0.1, 0.15) is 41.9 Å². The second-order valence-corrected chi connectivity index (χ2v) is 11.4. The van der Waals surface area contributed by atoms with Gasteiger partial charge in [-0.2, -0.15) is 0 Å². The van der Waals surface area contributed by atoms with Crippen molar-refractivity contribution in [3.63, 3.8) is 0 Å². The molecule has 212 valence electrons. The van der Waals surface area contributed by atoms with Gasteiger partial charge in [0.2, 0.25) is 5.91 Å². The first-order valence-electron chi connectivity index (χ1n) is 14.3. The molecule has 1 saturated carbocycles. The maximum absolute atomic E-state index is 13.0. The van der Waals surface area contributed by atoms with Gasteiger partial charge in [0.1, 0.15) is 12.1 Å². The lowest BCUT2D eigenvalue weighted by Gasteiger charge is -2.39. The Bertz CT molecular complexity index is 1390. The molecule has 41 heavy (non-hydrogen) atoms. The zero-order valence-corrected chi connectivity index (χ0v) is 22.9. The first-order chi connectivity index (χ1) is 19.9. The van der Waals surface area contributed by atoms with Gasteiger partial charge in [0.05, 0.1) is 0 Å². The largest absolute Gasteiger partial charge is 0.480 e. The number of alkyl carbamates (subject to hydrolysis) is 1. The molecule has 2 atom stereocenters. The van der Waals surface area contributed by atoms with Gasteiger partial charge in [0.25, 0.3) is 0 Å². The van der Waals surface area contributed by atoms with Crippen molar-refractivity contribution in [3.05, 3.63) is 95.6 Å². The average molecular weight is 554 g/mol. The second-order valence-electron chi connectivity index (χ2n) is 11.4. The number of hydrogen-bond donors (Lipinski definition) is 3. The summed E-state index contributed by atoms with van der Waals surface area (Å²) in [5.41, 5.74) is 4.58. The smallest absolute Gasteiger partial charge is 0.407 e. The highest BCUT2D eigenvalue weighted by molar-refractivity contribution is 5.89. The number of amides is 2. The third-order valence-electron chi connectivity index (χ3n) is 8.84. The van der Waals surface area contributed by atoms with E-state index in [1.54, 1.807) is 0 Å². The van der Waals surface area contributed by atoms with Crippen LogP contribution in [0.15, 0.2) is 78.9 Å². The predicted molar refractivity (Wildman–Crippen MR) is 154 cm³/mol. The molecular formula is C33H35N3O5. The van der Waals surface area contributed by atoms with Crippen LogP contribution < -0.4 is 10.6 Å². The third kappa shape index (κ3) is 5.70. The molecule has 1 heterocycles. The number of carbonyl (C=O) groups is 3. The van der Waals surface area contributed by atoms with Crippen LogP contribution in [-0.2, 0) is 20.9 Å². The van der Waals surface area contributed by atoms with E-state index in [1.165, 1.54) is 16.7 Å². The maximum Gasteiger partial charge on any atom is 0.407 e. The van der Waals surface area contributed by atoms with Gasteiger partial charge >= 0.3 is 12.1 Å². The highest BCUT2D eigenvalue weighted by Crippen LogP contribution is 2.44.